The molecule has 4 heteroatoms. The maximum atomic E-state index is 11.3. The molecule has 1 saturated heterocycles. The van der Waals surface area contributed by atoms with E-state index in [0.29, 0.717) is 17.9 Å². The van der Waals surface area contributed by atoms with Crippen molar-refractivity contribution in [3.63, 3.8) is 0 Å². The number of fused-ring (bicyclic) bond motifs is 1. The van der Waals surface area contributed by atoms with E-state index in [9.17, 15) is 4.79 Å². The molecule has 4 nitrogen and oxygen atoms in total. The summed E-state index contributed by atoms with van der Waals surface area (Å²) in [5, 5.41) is 0. The molecule has 0 aromatic heterocycles. The molecule has 2 heterocycles. The molecular weight excluding hydrogens is 208 g/mol. The van der Waals surface area contributed by atoms with Gasteiger partial charge in [-0.3, -0.25) is 4.79 Å². The SMILES string of the molecule is O=C1COc2cc(OC3CCOC3)ccc21. The van der Waals surface area contributed by atoms with Crippen LogP contribution in [0.1, 0.15) is 16.8 Å². The zero-order valence-electron chi connectivity index (χ0n) is 8.77. The molecule has 3 rings (SSSR count). The molecule has 2 aliphatic heterocycles. The quantitative estimate of drug-likeness (QED) is 0.756. The predicted molar refractivity (Wildman–Crippen MR) is 56.1 cm³/mol. The standard InChI is InChI=1S/C12H12O4/c13-11-7-15-12-5-8(1-2-10(11)12)16-9-3-4-14-6-9/h1-2,5,9H,3-4,6-7H2. The van der Waals surface area contributed by atoms with Gasteiger partial charge in [0, 0.05) is 12.5 Å². The van der Waals surface area contributed by atoms with Crippen LogP contribution in [0.3, 0.4) is 0 Å². The van der Waals surface area contributed by atoms with Crippen molar-refractivity contribution >= 4 is 5.78 Å². The fourth-order valence-electron chi connectivity index (χ4n) is 1.95. The van der Waals surface area contributed by atoms with Crippen LogP contribution in [0.15, 0.2) is 18.2 Å². The molecule has 0 spiro atoms. The molecule has 0 saturated carbocycles. The van der Waals surface area contributed by atoms with Gasteiger partial charge in [0.1, 0.15) is 17.6 Å². The van der Waals surface area contributed by atoms with Gasteiger partial charge in [-0.2, -0.15) is 0 Å². The maximum Gasteiger partial charge on any atom is 0.203 e. The second-order valence-corrected chi connectivity index (χ2v) is 3.97. The van der Waals surface area contributed by atoms with Crippen LogP contribution in [0.5, 0.6) is 11.5 Å². The normalized spacial score (nSPS) is 23.0. The van der Waals surface area contributed by atoms with Gasteiger partial charge in [0.25, 0.3) is 0 Å². The van der Waals surface area contributed by atoms with Gasteiger partial charge in [0.15, 0.2) is 6.61 Å². The van der Waals surface area contributed by atoms with Crippen molar-refractivity contribution in [1.82, 2.24) is 0 Å². The Balaban J connectivity index is 1.79. The minimum atomic E-state index is 0.0331. The third kappa shape index (κ3) is 1.65. The van der Waals surface area contributed by atoms with E-state index >= 15 is 0 Å². The van der Waals surface area contributed by atoms with Crippen LogP contribution in [0, 0.1) is 0 Å². The molecule has 0 N–H and O–H groups in total. The first-order valence-electron chi connectivity index (χ1n) is 5.37. The topological polar surface area (TPSA) is 44.8 Å². The zero-order valence-corrected chi connectivity index (χ0v) is 8.77. The first-order valence-corrected chi connectivity index (χ1v) is 5.37. The van der Waals surface area contributed by atoms with Crippen LogP contribution >= 0.6 is 0 Å². The lowest BCUT2D eigenvalue weighted by Gasteiger charge is -2.12. The highest BCUT2D eigenvalue weighted by molar-refractivity contribution is 6.02. The smallest absolute Gasteiger partial charge is 0.203 e. The molecule has 1 atom stereocenters. The van der Waals surface area contributed by atoms with Crippen molar-refractivity contribution < 1.29 is 19.0 Å². The predicted octanol–water partition coefficient (Wildman–Crippen LogP) is 1.43. The van der Waals surface area contributed by atoms with Gasteiger partial charge in [-0.1, -0.05) is 0 Å². The molecule has 2 aliphatic rings. The van der Waals surface area contributed by atoms with Gasteiger partial charge in [0.05, 0.1) is 18.8 Å². The van der Waals surface area contributed by atoms with Crippen molar-refractivity contribution in [3.05, 3.63) is 23.8 Å². The Kier molecular flexibility index (Phi) is 2.29. The number of ether oxygens (including phenoxy) is 3. The molecule has 0 aliphatic carbocycles. The highest BCUT2D eigenvalue weighted by Gasteiger charge is 2.23. The van der Waals surface area contributed by atoms with Crippen molar-refractivity contribution in [3.8, 4) is 11.5 Å². The fraction of sp³-hybridized carbons (Fsp3) is 0.417. The Morgan fingerprint density at radius 2 is 2.31 bits per heavy atom. The third-order valence-electron chi connectivity index (χ3n) is 2.80. The van der Waals surface area contributed by atoms with Gasteiger partial charge < -0.3 is 14.2 Å². The van der Waals surface area contributed by atoms with Crippen LogP contribution in [-0.2, 0) is 4.74 Å². The number of rotatable bonds is 2. The maximum absolute atomic E-state index is 11.3. The number of benzene rings is 1. The number of carbonyl (C=O) groups excluding carboxylic acids is 1. The monoisotopic (exact) mass is 220 g/mol. The Morgan fingerprint density at radius 3 is 3.12 bits per heavy atom. The number of ketones is 1. The molecule has 16 heavy (non-hydrogen) atoms. The van der Waals surface area contributed by atoms with Gasteiger partial charge in [-0.15, -0.1) is 0 Å². The summed E-state index contributed by atoms with van der Waals surface area (Å²) < 4.78 is 16.2. The first-order chi connectivity index (χ1) is 7.83. The molecule has 0 radical (unpaired) electrons. The van der Waals surface area contributed by atoms with Crippen LogP contribution in [0.25, 0.3) is 0 Å². The van der Waals surface area contributed by atoms with E-state index in [1.807, 2.05) is 6.07 Å². The number of carbonyl (C=O) groups is 1. The van der Waals surface area contributed by atoms with E-state index < -0.39 is 0 Å². The summed E-state index contributed by atoms with van der Waals surface area (Å²) in [6.45, 7) is 1.53. The second-order valence-electron chi connectivity index (χ2n) is 3.97. The molecule has 1 aromatic carbocycles. The lowest BCUT2D eigenvalue weighted by atomic mass is 10.1. The van der Waals surface area contributed by atoms with Gasteiger partial charge in [-0.25, -0.2) is 0 Å². The van der Waals surface area contributed by atoms with E-state index in [-0.39, 0.29) is 18.5 Å². The van der Waals surface area contributed by atoms with Crippen molar-refractivity contribution in [1.29, 1.82) is 0 Å². The molecule has 1 aromatic rings. The zero-order chi connectivity index (χ0) is 11.0. The highest BCUT2D eigenvalue weighted by Crippen LogP contribution is 2.30. The summed E-state index contributed by atoms with van der Waals surface area (Å²) in [6, 6.07) is 5.35. The average Bonchev–Trinajstić information content (AvgIpc) is 2.90. The number of Topliss-reactive ketones (excluding diaryl/α,β-unsaturated/α-hetero) is 1. The van der Waals surface area contributed by atoms with Crippen LogP contribution < -0.4 is 9.47 Å². The summed E-state index contributed by atoms with van der Waals surface area (Å²) >= 11 is 0. The van der Waals surface area contributed by atoms with E-state index in [4.69, 9.17) is 14.2 Å². The number of hydrogen-bond donors (Lipinski definition) is 0. The Morgan fingerprint density at radius 1 is 1.38 bits per heavy atom. The summed E-state index contributed by atoms with van der Waals surface area (Å²) in [6.07, 6.45) is 1.03. The molecule has 1 unspecified atom stereocenters. The lowest BCUT2D eigenvalue weighted by molar-refractivity contribution is 0.0961. The second kappa shape index (κ2) is 3.79. The van der Waals surface area contributed by atoms with Crippen molar-refractivity contribution in [2.24, 2.45) is 0 Å². The van der Waals surface area contributed by atoms with E-state index in [1.165, 1.54) is 0 Å². The Hall–Kier alpha value is -1.55. The fourth-order valence-corrected chi connectivity index (χ4v) is 1.95. The largest absolute Gasteiger partial charge is 0.488 e. The average molecular weight is 220 g/mol. The van der Waals surface area contributed by atoms with Crippen molar-refractivity contribution in [2.45, 2.75) is 12.5 Å². The third-order valence-corrected chi connectivity index (χ3v) is 2.80. The van der Waals surface area contributed by atoms with Gasteiger partial charge in [0.2, 0.25) is 5.78 Å². The van der Waals surface area contributed by atoms with Gasteiger partial charge >= 0.3 is 0 Å². The first kappa shape index (κ1) is 9.66. The van der Waals surface area contributed by atoms with E-state index in [0.717, 1.165) is 18.8 Å². The summed E-state index contributed by atoms with van der Waals surface area (Å²) in [7, 11) is 0. The van der Waals surface area contributed by atoms with Crippen LogP contribution in [-0.4, -0.2) is 31.7 Å². The van der Waals surface area contributed by atoms with E-state index in [1.54, 1.807) is 12.1 Å². The van der Waals surface area contributed by atoms with E-state index in [2.05, 4.69) is 0 Å². The summed E-state index contributed by atoms with van der Waals surface area (Å²) in [5.41, 5.74) is 0.648. The van der Waals surface area contributed by atoms with Crippen LogP contribution in [0.4, 0.5) is 0 Å². The highest BCUT2D eigenvalue weighted by atomic mass is 16.5. The molecule has 0 amide bonds. The minimum Gasteiger partial charge on any atom is -0.488 e. The molecule has 84 valence electrons. The van der Waals surface area contributed by atoms with Crippen LogP contribution in [0.2, 0.25) is 0 Å². The van der Waals surface area contributed by atoms with Crippen molar-refractivity contribution in [2.75, 3.05) is 19.8 Å². The molecular formula is C12H12O4. The summed E-state index contributed by atoms with van der Waals surface area (Å²) in [4.78, 5) is 11.3. The molecule has 0 bridgehead atoms. The number of hydrogen-bond acceptors (Lipinski definition) is 4. The lowest BCUT2D eigenvalue weighted by Crippen LogP contribution is -2.15. The summed E-state index contributed by atoms with van der Waals surface area (Å²) in [5.74, 6) is 1.40. The van der Waals surface area contributed by atoms with Gasteiger partial charge in [-0.05, 0) is 12.1 Å². The molecule has 1 fully saturated rings. The minimum absolute atomic E-state index is 0.0331. The Labute approximate surface area is 93.1 Å². The Bertz CT molecular complexity index is 421.